The first-order valence-corrected chi connectivity index (χ1v) is 5.73. The summed E-state index contributed by atoms with van der Waals surface area (Å²) in [7, 11) is 0. The van der Waals surface area contributed by atoms with E-state index in [1.807, 2.05) is 24.4 Å². The number of aromatic nitrogens is 4. The minimum absolute atomic E-state index is 0. The lowest BCUT2D eigenvalue weighted by atomic mass is 10.3. The molecule has 1 saturated heterocycles. The number of piperazine rings is 1. The van der Waals surface area contributed by atoms with Crippen LogP contribution in [0.5, 0.6) is 0 Å². The SMILES string of the molecule is Cl.Cl.c1cnn(-c2ccc(N3CCNCC3)nn2)c1. The van der Waals surface area contributed by atoms with Gasteiger partial charge in [0.25, 0.3) is 0 Å². The van der Waals surface area contributed by atoms with Crippen LogP contribution in [0.1, 0.15) is 0 Å². The van der Waals surface area contributed by atoms with Crippen LogP contribution < -0.4 is 10.2 Å². The molecule has 0 bridgehead atoms. The molecule has 0 atom stereocenters. The zero-order valence-electron chi connectivity index (χ0n) is 10.3. The molecule has 2 aromatic heterocycles. The molecule has 19 heavy (non-hydrogen) atoms. The van der Waals surface area contributed by atoms with Crippen molar-refractivity contribution >= 4 is 30.6 Å². The van der Waals surface area contributed by atoms with Crippen LogP contribution in [-0.4, -0.2) is 46.2 Å². The van der Waals surface area contributed by atoms with Crippen LogP contribution in [0.25, 0.3) is 5.82 Å². The largest absolute Gasteiger partial charge is 0.353 e. The van der Waals surface area contributed by atoms with Gasteiger partial charge >= 0.3 is 0 Å². The molecule has 0 aliphatic carbocycles. The number of nitrogens with zero attached hydrogens (tertiary/aromatic N) is 5. The number of hydrogen-bond acceptors (Lipinski definition) is 5. The second-order valence-electron chi connectivity index (χ2n) is 3.94. The lowest BCUT2D eigenvalue weighted by molar-refractivity contribution is 0.582. The molecule has 0 aromatic carbocycles. The Hall–Kier alpha value is -1.37. The van der Waals surface area contributed by atoms with E-state index in [-0.39, 0.29) is 24.8 Å². The van der Waals surface area contributed by atoms with Crippen LogP contribution in [0.4, 0.5) is 5.82 Å². The third-order valence-corrected chi connectivity index (χ3v) is 2.82. The lowest BCUT2D eigenvalue weighted by Crippen LogP contribution is -2.44. The first-order valence-electron chi connectivity index (χ1n) is 5.73. The van der Waals surface area contributed by atoms with Crippen molar-refractivity contribution in [1.29, 1.82) is 0 Å². The quantitative estimate of drug-likeness (QED) is 0.894. The van der Waals surface area contributed by atoms with Gasteiger partial charge in [0.1, 0.15) is 0 Å². The fourth-order valence-corrected chi connectivity index (χ4v) is 1.91. The monoisotopic (exact) mass is 302 g/mol. The van der Waals surface area contributed by atoms with E-state index >= 15 is 0 Å². The third kappa shape index (κ3) is 3.56. The van der Waals surface area contributed by atoms with Gasteiger partial charge in [-0.15, -0.1) is 35.0 Å². The van der Waals surface area contributed by atoms with Crippen LogP contribution >= 0.6 is 24.8 Å². The lowest BCUT2D eigenvalue weighted by Gasteiger charge is -2.27. The predicted molar refractivity (Wildman–Crippen MR) is 78.7 cm³/mol. The predicted octanol–water partition coefficient (Wildman–Crippen LogP) is 0.915. The van der Waals surface area contributed by atoms with E-state index < -0.39 is 0 Å². The number of nitrogens with one attached hydrogen (secondary N) is 1. The molecule has 2 aromatic rings. The highest BCUT2D eigenvalue weighted by molar-refractivity contribution is 5.85. The zero-order valence-corrected chi connectivity index (χ0v) is 11.9. The molecule has 8 heteroatoms. The smallest absolute Gasteiger partial charge is 0.175 e. The molecular formula is C11H16Cl2N6. The number of rotatable bonds is 2. The summed E-state index contributed by atoms with van der Waals surface area (Å²) in [5, 5.41) is 15.9. The van der Waals surface area contributed by atoms with Gasteiger partial charge in [0.15, 0.2) is 11.6 Å². The maximum Gasteiger partial charge on any atom is 0.175 e. The van der Waals surface area contributed by atoms with Gasteiger partial charge in [0.05, 0.1) is 0 Å². The summed E-state index contributed by atoms with van der Waals surface area (Å²) < 4.78 is 1.70. The van der Waals surface area contributed by atoms with Gasteiger partial charge in [0.2, 0.25) is 0 Å². The maximum absolute atomic E-state index is 4.25. The molecule has 3 rings (SSSR count). The van der Waals surface area contributed by atoms with Crippen molar-refractivity contribution in [2.45, 2.75) is 0 Å². The molecule has 0 radical (unpaired) electrons. The second kappa shape index (κ2) is 7.28. The van der Waals surface area contributed by atoms with Gasteiger partial charge in [-0.3, -0.25) is 0 Å². The molecule has 6 nitrogen and oxygen atoms in total. The summed E-state index contributed by atoms with van der Waals surface area (Å²) in [5.41, 5.74) is 0. The van der Waals surface area contributed by atoms with E-state index in [0.717, 1.165) is 37.8 Å². The Bertz CT molecular complexity index is 466. The van der Waals surface area contributed by atoms with Gasteiger partial charge in [-0.2, -0.15) is 5.10 Å². The van der Waals surface area contributed by atoms with Crippen LogP contribution in [0.2, 0.25) is 0 Å². The standard InChI is InChI=1S/C11H14N6.2ClH/c1-4-13-17(7-1)11-3-2-10(14-15-11)16-8-5-12-6-9-16;;/h1-4,7,12H,5-6,8-9H2;2*1H. The minimum atomic E-state index is 0. The number of anilines is 1. The molecule has 1 fully saturated rings. The molecule has 0 amide bonds. The first-order chi connectivity index (χ1) is 8.43. The van der Waals surface area contributed by atoms with Crippen molar-refractivity contribution in [2.24, 2.45) is 0 Å². The van der Waals surface area contributed by atoms with E-state index in [0.29, 0.717) is 0 Å². The van der Waals surface area contributed by atoms with Crippen LogP contribution in [0.3, 0.4) is 0 Å². The van der Waals surface area contributed by atoms with E-state index in [1.165, 1.54) is 0 Å². The average molecular weight is 303 g/mol. The minimum Gasteiger partial charge on any atom is -0.353 e. The van der Waals surface area contributed by atoms with Crippen molar-refractivity contribution in [2.75, 3.05) is 31.1 Å². The fourth-order valence-electron chi connectivity index (χ4n) is 1.91. The van der Waals surface area contributed by atoms with E-state index in [1.54, 1.807) is 10.9 Å². The molecule has 104 valence electrons. The highest BCUT2D eigenvalue weighted by Crippen LogP contribution is 2.11. The number of halogens is 2. The zero-order chi connectivity index (χ0) is 11.5. The Labute approximate surface area is 124 Å². The van der Waals surface area contributed by atoms with Gasteiger partial charge in [-0.05, 0) is 18.2 Å². The maximum atomic E-state index is 4.25. The van der Waals surface area contributed by atoms with Crippen LogP contribution in [-0.2, 0) is 0 Å². The van der Waals surface area contributed by atoms with Crippen molar-refractivity contribution in [1.82, 2.24) is 25.3 Å². The molecular weight excluding hydrogens is 287 g/mol. The Kier molecular flexibility index (Phi) is 6.01. The third-order valence-electron chi connectivity index (χ3n) is 2.82. The van der Waals surface area contributed by atoms with Crippen LogP contribution in [0.15, 0.2) is 30.6 Å². The molecule has 0 unspecified atom stereocenters. The average Bonchev–Trinajstić information content (AvgIpc) is 2.94. The summed E-state index contributed by atoms with van der Waals surface area (Å²) in [6.45, 7) is 3.97. The van der Waals surface area contributed by atoms with E-state index in [2.05, 4.69) is 25.5 Å². The summed E-state index contributed by atoms with van der Waals surface area (Å²) in [6, 6.07) is 5.80. The second-order valence-corrected chi connectivity index (χ2v) is 3.94. The summed E-state index contributed by atoms with van der Waals surface area (Å²) in [4.78, 5) is 2.23. The molecule has 1 N–H and O–H groups in total. The first kappa shape index (κ1) is 15.7. The van der Waals surface area contributed by atoms with Crippen molar-refractivity contribution in [3.05, 3.63) is 30.6 Å². The molecule has 3 heterocycles. The Balaban J connectivity index is 0.000000902. The fraction of sp³-hybridized carbons (Fsp3) is 0.364. The van der Waals surface area contributed by atoms with Gasteiger partial charge in [-0.1, -0.05) is 0 Å². The van der Waals surface area contributed by atoms with Crippen LogP contribution in [0, 0.1) is 0 Å². The Morgan fingerprint density at radius 2 is 1.68 bits per heavy atom. The molecule has 0 saturated carbocycles. The molecule has 1 aliphatic rings. The normalized spacial score (nSPS) is 14.4. The van der Waals surface area contributed by atoms with Gasteiger partial charge < -0.3 is 10.2 Å². The molecule has 1 aliphatic heterocycles. The topological polar surface area (TPSA) is 58.9 Å². The van der Waals surface area contributed by atoms with Crippen molar-refractivity contribution < 1.29 is 0 Å². The van der Waals surface area contributed by atoms with E-state index in [9.17, 15) is 0 Å². The van der Waals surface area contributed by atoms with Gasteiger partial charge in [0, 0.05) is 38.6 Å². The van der Waals surface area contributed by atoms with Crippen molar-refractivity contribution in [3.63, 3.8) is 0 Å². The number of hydrogen-bond donors (Lipinski definition) is 1. The highest BCUT2D eigenvalue weighted by atomic mass is 35.5. The van der Waals surface area contributed by atoms with E-state index in [4.69, 9.17) is 0 Å². The van der Waals surface area contributed by atoms with Crippen molar-refractivity contribution in [3.8, 4) is 5.82 Å². The highest BCUT2D eigenvalue weighted by Gasteiger charge is 2.11. The summed E-state index contributed by atoms with van der Waals surface area (Å²) in [6.07, 6.45) is 3.58. The Morgan fingerprint density at radius 1 is 1.00 bits per heavy atom. The van der Waals surface area contributed by atoms with Gasteiger partial charge in [-0.25, -0.2) is 4.68 Å². The summed E-state index contributed by atoms with van der Waals surface area (Å²) >= 11 is 0. The molecule has 0 spiro atoms. The Morgan fingerprint density at radius 3 is 2.26 bits per heavy atom. The summed E-state index contributed by atoms with van der Waals surface area (Å²) in [5.74, 6) is 1.68.